The molecule has 0 bridgehead atoms. The Morgan fingerprint density at radius 2 is 1.79 bits per heavy atom. The molecule has 0 radical (unpaired) electrons. The van der Waals surface area contributed by atoms with E-state index in [1.807, 2.05) is 0 Å². The van der Waals surface area contributed by atoms with Crippen LogP contribution in [-0.4, -0.2) is 17.1 Å². The fourth-order valence-corrected chi connectivity index (χ4v) is 2.74. The molecule has 2 aliphatic carbocycles. The van der Waals surface area contributed by atoms with Crippen molar-refractivity contribution in [2.75, 3.05) is 0 Å². The lowest BCUT2D eigenvalue weighted by atomic mass is 10.1. The second kappa shape index (κ2) is 3.55. The highest BCUT2D eigenvalue weighted by molar-refractivity contribution is 5.72. The first-order valence-corrected chi connectivity index (χ1v) is 5.17. The van der Waals surface area contributed by atoms with Crippen LogP contribution in [0.4, 0.5) is 4.79 Å². The van der Waals surface area contributed by atoms with E-state index in [0.717, 1.165) is 17.9 Å². The Morgan fingerprint density at radius 1 is 1.21 bits per heavy atom. The van der Waals surface area contributed by atoms with Gasteiger partial charge in [-0.3, -0.25) is 0 Å². The maximum atomic E-state index is 10.9. The molecule has 0 aromatic carbocycles. The maximum absolute atomic E-state index is 10.9. The molecular formula is C9H15N3O2. The minimum atomic E-state index is -0.710. The second-order valence-electron chi connectivity index (χ2n) is 4.22. The van der Waals surface area contributed by atoms with Gasteiger partial charge in [0.15, 0.2) is 0 Å². The molecule has 2 amide bonds. The predicted molar refractivity (Wildman–Crippen MR) is 51.1 cm³/mol. The first-order valence-electron chi connectivity index (χ1n) is 5.17. The van der Waals surface area contributed by atoms with Crippen molar-refractivity contribution in [1.82, 2.24) is 5.01 Å². The fraction of sp³-hybridized carbons (Fsp3) is 0.889. The molecule has 3 atom stereocenters. The van der Waals surface area contributed by atoms with Crippen LogP contribution in [0.1, 0.15) is 32.1 Å². The van der Waals surface area contributed by atoms with Gasteiger partial charge in [-0.2, -0.15) is 5.01 Å². The van der Waals surface area contributed by atoms with Gasteiger partial charge in [0.2, 0.25) is 0 Å². The summed E-state index contributed by atoms with van der Waals surface area (Å²) in [4.78, 5) is 21.3. The Balaban J connectivity index is 2.00. The number of urea groups is 1. The topological polar surface area (TPSA) is 75.8 Å². The zero-order valence-electron chi connectivity index (χ0n) is 8.06. The van der Waals surface area contributed by atoms with Crippen LogP contribution in [0, 0.1) is 16.7 Å². The van der Waals surface area contributed by atoms with Gasteiger partial charge >= 0.3 is 6.03 Å². The van der Waals surface area contributed by atoms with Gasteiger partial charge in [0.1, 0.15) is 0 Å². The summed E-state index contributed by atoms with van der Waals surface area (Å²) in [6.07, 6.45) is 5.88. The van der Waals surface area contributed by atoms with Crippen LogP contribution in [0.3, 0.4) is 0 Å². The highest BCUT2D eigenvalue weighted by Gasteiger charge is 2.55. The third-order valence-corrected chi connectivity index (χ3v) is 3.46. The van der Waals surface area contributed by atoms with E-state index in [0.29, 0.717) is 11.8 Å². The second-order valence-corrected chi connectivity index (χ2v) is 4.22. The maximum Gasteiger partial charge on any atom is 0.338 e. The first-order chi connectivity index (χ1) is 6.75. The molecule has 2 saturated carbocycles. The van der Waals surface area contributed by atoms with Crippen molar-refractivity contribution in [2.45, 2.75) is 38.1 Å². The molecule has 0 spiro atoms. The number of nitroso groups, excluding NO2 is 1. The lowest BCUT2D eigenvalue weighted by molar-refractivity contribution is 0.200. The van der Waals surface area contributed by atoms with Crippen LogP contribution in [0.2, 0.25) is 0 Å². The highest BCUT2D eigenvalue weighted by Crippen LogP contribution is 2.51. The molecule has 5 nitrogen and oxygen atoms in total. The van der Waals surface area contributed by atoms with Crippen molar-refractivity contribution < 1.29 is 4.79 Å². The third-order valence-electron chi connectivity index (χ3n) is 3.46. The lowest BCUT2D eigenvalue weighted by Gasteiger charge is -2.11. The van der Waals surface area contributed by atoms with Crippen LogP contribution >= 0.6 is 0 Å². The molecule has 0 aromatic rings. The molecular weight excluding hydrogens is 182 g/mol. The Kier molecular flexibility index (Phi) is 2.39. The van der Waals surface area contributed by atoms with Gasteiger partial charge in [-0.25, -0.2) is 4.79 Å². The molecule has 2 fully saturated rings. The van der Waals surface area contributed by atoms with Gasteiger partial charge in [0, 0.05) is 0 Å². The number of carbonyl (C=O) groups excluding carboxylic acids is 1. The van der Waals surface area contributed by atoms with Crippen molar-refractivity contribution in [1.29, 1.82) is 0 Å². The summed E-state index contributed by atoms with van der Waals surface area (Å²) >= 11 is 0. The third kappa shape index (κ3) is 1.47. The SMILES string of the molecule is NC(=O)N(N=O)C1[C@H]2CCCCC[C@@H]12. The smallest absolute Gasteiger partial charge is 0.338 e. The Bertz CT molecular complexity index is 244. The molecule has 0 aliphatic heterocycles. The van der Waals surface area contributed by atoms with Crippen molar-refractivity contribution in [3.05, 3.63) is 4.91 Å². The highest BCUT2D eigenvalue weighted by atomic mass is 16.3. The monoisotopic (exact) mass is 197 g/mol. The molecule has 2 aliphatic rings. The summed E-state index contributed by atoms with van der Waals surface area (Å²) in [6.45, 7) is 0. The summed E-state index contributed by atoms with van der Waals surface area (Å²) in [6, 6.07) is -0.705. The van der Waals surface area contributed by atoms with E-state index in [2.05, 4.69) is 5.29 Å². The van der Waals surface area contributed by atoms with Crippen LogP contribution in [0.25, 0.3) is 0 Å². The van der Waals surface area contributed by atoms with E-state index in [4.69, 9.17) is 5.73 Å². The number of nitrogens with zero attached hydrogens (tertiary/aromatic N) is 2. The lowest BCUT2D eigenvalue weighted by Crippen LogP contribution is -2.34. The van der Waals surface area contributed by atoms with Crippen molar-refractivity contribution >= 4 is 6.03 Å². The molecule has 78 valence electrons. The van der Waals surface area contributed by atoms with Crippen LogP contribution in [0.15, 0.2) is 5.29 Å². The van der Waals surface area contributed by atoms with E-state index >= 15 is 0 Å². The van der Waals surface area contributed by atoms with Gasteiger partial charge in [-0.05, 0) is 24.7 Å². The van der Waals surface area contributed by atoms with Gasteiger partial charge in [0.25, 0.3) is 0 Å². The molecule has 1 unspecified atom stereocenters. The number of amides is 2. The van der Waals surface area contributed by atoms with Gasteiger partial charge in [0.05, 0.1) is 11.3 Å². The van der Waals surface area contributed by atoms with Crippen LogP contribution < -0.4 is 5.73 Å². The van der Waals surface area contributed by atoms with Crippen molar-refractivity contribution in [3.8, 4) is 0 Å². The Morgan fingerprint density at radius 3 is 2.21 bits per heavy atom. The molecule has 14 heavy (non-hydrogen) atoms. The molecule has 5 heteroatoms. The summed E-state index contributed by atoms with van der Waals surface area (Å²) in [7, 11) is 0. The standard InChI is InChI=1S/C9H15N3O2/c10-9(13)12(11-14)8-6-4-2-1-3-5-7(6)8/h6-8H,1-5H2,(H2,10,13)/t6-,7+,8?. The quantitative estimate of drug-likeness (QED) is 0.539. The minimum absolute atomic E-state index is 0.00491. The fourth-order valence-electron chi connectivity index (χ4n) is 2.74. The van der Waals surface area contributed by atoms with Crippen LogP contribution in [0.5, 0.6) is 0 Å². The largest absolute Gasteiger partial charge is 0.350 e. The zero-order chi connectivity index (χ0) is 10.1. The van der Waals surface area contributed by atoms with Crippen molar-refractivity contribution in [3.63, 3.8) is 0 Å². The van der Waals surface area contributed by atoms with Gasteiger partial charge in [-0.1, -0.05) is 19.3 Å². The van der Waals surface area contributed by atoms with Gasteiger partial charge < -0.3 is 5.73 Å². The Labute approximate surface area is 82.6 Å². The van der Waals surface area contributed by atoms with E-state index in [1.54, 1.807) is 0 Å². The van der Waals surface area contributed by atoms with E-state index in [9.17, 15) is 9.70 Å². The summed E-state index contributed by atoms with van der Waals surface area (Å²) in [5, 5.41) is 3.64. The number of rotatable bonds is 2. The molecule has 2 rings (SSSR count). The summed E-state index contributed by atoms with van der Waals surface area (Å²) < 4.78 is 0. The number of fused-ring (bicyclic) bond motifs is 1. The summed E-state index contributed by atoms with van der Waals surface area (Å²) in [5.74, 6) is 0.949. The van der Waals surface area contributed by atoms with Gasteiger partial charge in [-0.15, -0.1) is 4.91 Å². The first kappa shape index (κ1) is 9.43. The zero-order valence-corrected chi connectivity index (χ0v) is 8.06. The number of hydrogen-bond donors (Lipinski definition) is 1. The molecule has 0 aromatic heterocycles. The van der Waals surface area contributed by atoms with Crippen molar-refractivity contribution in [2.24, 2.45) is 22.9 Å². The summed E-state index contributed by atoms with van der Waals surface area (Å²) in [5.41, 5.74) is 5.07. The number of primary amides is 1. The number of hydrogen-bond acceptors (Lipinski definition) is 3. The average Bonchev–Trinajstić information content (AvgIpc) is 2.82. The predicted octanol–water partition coefficient (Wildman–Crippen LogP) is 1.63. The number of nitrogens with two attached hydrogens (primary N) is 1. The molecule has 2 N–H and O–H groups in total. The average molecular weight is 197 g/mol. The minimum Gasteiger partial charge on any atom is -0.350 e. The molecule has 0 heterocycles. The molecule has 0 saturated heterocycles. The number of carbonyl (C=O) groups is 1. The van der Waals surface area contributed by atoms with Crippen LogP contribution in [-0.2, 0) is 0 Å². The Hall–Kier alpha value is -1.13. The van der Waals surface area contributed by atoms with E-state index in [-0.39, 0.29) is 6.04 Å². The van der Waals surface area contributed by atoms with E-state index < -0.39 is 6.03 Å². The normalized spacial score (nSPS) is 35.3. The van der Waals surface area contributed by atoms with E-state index in [1.165, 1.54) is 19.3 Å².